The molecule has 0 saturated carbocycles. The third-order valence-electron chi connectivity index (χ3n) is 6.28. The SMILES string of the molecule is COc1c(C2CCN(S(=O)(=O)N3CCC(O)C3)C2)nn(C(=O)C(C)(C)C)c1NCc1ccc(Cl)s1. The van der Waals surface area contributed by atoms with Crippen molar-refractivity contribution in [3.63, 3.8) is 0 Å². The first kappa shape index (κ1) is 26.4. The lowest BCUT2D eigenvalue weighted by atomic mass is 9.96. The van der Waals surface area contributed by atoms with Gasteiger partial charge in [0.15, 0.2) is 11.6 Å². The number of rotatable bonds is 7. The van der Waals surface area contributed by atoms with Crippen molar-refractivity contribution in [1.29, 1.82) is 0 Å². The lowest BCUT2D eigenvalue weighted by Gasteiger charge is -2.23. The fourth-order valence-electron chi connectivity index (χ4n) is 4.37. The van der Waals surface area contributed by atoms with Crippen molar-refractivity contribution < 1.29 is 23.1 Å². The Kier molecular flexibility index (Phi) is 7.52. The van der Waals surface area contributed by atoms with Gasteiger partial charge in [-0.1, -0.05) is 32.4 Å². The molecule has 194 valence electrons. The summed E-state index contributed by atoms with van der Waals surface area (Å²) >= 11 is 7.50. The number of thiophene rings is 1. The normalized spacial score (nSPS) is 22.1. The van der Waals surface area contributed by atoms with Gasteiger partial charge in [-0.25, -0.2) is 0 Å². The molecule has 13 heteroatoms. The molecule has 2 atom stereocenters. The van der Waals surface area contributed by atoms with Crippen molar-refractivity contribution in [3.8, 4) is 5.75 Å². The second-order valence-electron chi connectivity index (χ2n) is 9.95. The second kappa shape index (κ2) is 9.98. The van der Waals surface area contributed by atoms with Crippen LogP contribution in [-0.4, -0.2) is 77.2 Å². The van der Waals surface area contributed by atoms with E-state index in [1.807, 2.05) is 32.9 Å². The average Bonchev–Trinajstić information content (AvgIpc) is 3.56. The number of carbonyl (C=O) groups excluding carboxylic acids is 1. The number of halogens is 1. The summed E-state index contributed by atoms with van der Waals surface area (Å²) < 4.78 is 36.7. The molecule has 0 spiro atoms. The molecule has 4 rings (SSSR count). The number of hydrogen-bond donors (Lipinski definition) is 2. The molecule has 2 saturated heterocycles. The first-order chi connectivity index (χ1) is 16.4. The highest BCUT2D eigenvalue weighted by Crippen LogP contribution is 2.40. The summed E-state index contributed by atoms with van der Waals surface area (Å²) in [6.45, 7) is 6.87. The van der Waals surface area contributed by atoms with Crippen molar-refractivity contribution in [2.75, 3.05) is 38.6 Å². The predicted molar refractivity (Wildman–Crippen MR) is 136 cm³/mol. The third kappa shape index (κ3) is 5.37. The van der Waals surface area contributed by atoms with Crippen LogP contribution in [0.15, 0.2) is 12.1 Å². The van der Waals surface area contributed by atoms with Crippen molar-refractivity contribution in [3.05, 3.63) is 27.0 Å². The number of nitrogens with one attached hydrogen (secondary N) is 1. The molecule has 0 aliphatic carbocycles. The molecule has 35 heavy (non-hydrogen) atoms. The number of carbonyl (C=O) groups is 1. The summed E-state index contributed by atoms with van der Waals surface area (Å²) in [5.74, 6) is 0.433. The van der Waals surface area contributed by atoms with Crippen LogP contribution in [-0.2, 0) is 16.8 Å². The number of nitrogens with zero attached hydrogens (tertiary/aromatic N) is 4. The van der Waals surface area contributed by atoms with E-state index in [-0.39, 0.29) is 24.9 Å². The van der Waals surface area contributed by atoms with Gasteiger partial charge in [-0.15, -0.1) is 11.3 Å². The molecular formula is C22H32ClN5O5S2. The highest BCUT2D eigenvalue weighted by atomic mass is 35.5. The summed E-state index contributed by atoms with van der Waals surface area (Å²) in [4.78, 5) is 14.3. The molecule has 0 amide bonds. The molecule has 2 fully saturated rings. The minimum absolute atomic E-state index is 0.113. The molecular weight excluding hydrogens is 514 g/mol. The summed E-state index contributed by atoms with van der Waals surface area (Å²) in [5, 5.41) is 17.7. The molecule has 2 aliphatic heterocycles. The Morgan fingerprint density at radius 2 is 1.94 bits per heavy atom. The van der Waals surface area contributed by atoms with Gasteiger partial charge >= 0.3 is 0 Å². The summed E-state index contributed by atoms with van der Waals surface area (Å²) in [6, 6.07) is 3.73. The molecule has 2 N–H and O–H groups in total. The smallest absolute Gasteiger partial charge is 0.282 e. The van der Waals surface area contributed by atoms with Gasteiger partial charge in [0.1, 0.15) is 5.69 Å². The fraction of sp³-hybridized carbons (Fsp3) is 0.636. The van der Waals surface area contributed by atoms with Crippen LogP contribution in [0.4, 0.5) is 5.82 Å². The van der Waals surface area contributed by atoms with Crippen LogP contribution in [0, 0.1) is 5.41 Å². The van der Waals surface area contributed by atoms with E-state index in [0.717, 1.165) is 4.88 Å². The van der Waals surface area contributed by atoms with Crippen LogP contribution in [0.3, 0.4) is 0 Å². The molecule has 2 aromatic heterocycles. The highest BCUT2D eigenvalue weighted by Gasteiger charge is 2.41. The Labute approximate surface area is 215 Å². The van der Waals surface area contributed by atoms with E-state index >= 15 is 0 Å². The number of aromatic nitrogens is 2. The van der Waals surface area contributed by atoms with E-state index < -0.39 is 21.7 Å². The van der Waals surface area contributed by atoms with E-state index in [2.05, 4.69) is 10.4 Å². The summed E-state index contributed by atoms with van der Waals surface area (Å²) in [5.41, 5.74) is -0.144. The van der Waals surface area contributed by atoms with E-state index in [1.165, 1.54) is 31.7 Å². The zero-order valence-corrected chi connectivity index (χ0v) is 22.7. The highest BCUT2D eigenvalue weighted by molar-refractivity contribution is 7.86. The molecule has 10 nitrogen and oxygen atoms in total. The quantitative estimate of drug-likeness (QED) is 0.549. The Hall–Kier alpha value is -1.70. The van der Waals surface area contributed by atoms with Gasteiger partial charge in [0.2, 0.25) is 0 Å². The molecule has 2 unspecified atom stereocenters. The number of aliphatic hydroxyl groups excluding tert-OH is 1. The fourth-order valence-corrected chi connectivity index (χ4v) is 7.13. The number of ether oxygens (including phenoxy) is 1. The maximum absolute atomic E-state index is 13.3. The third-order valence-corrected chi connectivity index (χ3v) is 9.48. The van der Waals surface area contributed by atoms with E-state index in [4.69, 9.17) is 16.3 Å². The predicted octanol–water partition coefficient (Wildman–Crippen LogP) is 3.01. The second-order valence-corrected chi connectivity index (χ2v) is 13.7. The topological polar surface area (TPSA) is 117 Å². The monoisotopic (exact) mass is 545 g/mol. The average molecular weight is 546 g/mol. The van der Waals surface area contributed by atoms with Gasteiger partial charge < -0.3 is 15.2 Å². The molecule has 0 bridgehead atoms. The Morgan fingerprint density at radius 3 is 2.51 bits per heavy atom. The van der Waals surface area contributed by atoms with Gasteiger partial charge in [-0.05, 0) is 25.0 Å². The zero-order chi connectivity index (χ0) is 25.5. The Bertz CT molecular complexity index is 1190. The first-order valence-electron chi connectivity index (χ1n) is 11.5. The Balaban J connectivity index is 1.63. The van der Waals surface area contributed by atoms with Crippen LogP contribution in [0.25, 0.3) is 0 Å². The van der Waals surface area contributed by atoms with Crippen LogP contribution in [0.2, 0.25) is 4.34 Å². The van der Waals surface area contributed by atoms with Crippen LogP contribution in [0.1, 0.15) is 54.9 Å². The van der Waals surface area contributed by atoms with Crippen molar-refractivity contribution >= 4 is 44.9 Å². The van der Waals surface area contributed by atoms with Crippen molar-refractivity contribution in [1.82, 2.24) is 18.4 Å². The van der Waals surface area contributed by atoms with Gasteiger partial charge in [0.25, 0.3) is 16.1 Å². The molecule has 2 aromatic rings. The lowest BCUT2D eigenvalue weighted by Crippen LogP contribution is -2.41. The maximum atomic E-state index is 13.3. The van der Waals surface area contributed by atoms with Crippen LogP contribution in [0.5, 0.6) is 5.75 Å². The number of aliphatic hydroxyl groups is 1. The van der Waals surface area contributed by atoms with E-state index in [1.54, 1.807) is 0 Å². The minimum Gasteiger partial charge on any atom is -0.491 e. The van der Waals surface area contributed by atoms with Crippen LogP contribution < -0.4 is 10.1 Å². The number of methoxy groups -OCH3 is 1. The van der Waals surface area contributed by atoms with Gasteiger partial charge in [-0.2, -0.15) is 26.8 Å². The van der Waals surface area contributed by atoms with Crippen molar-refractivity contribution in [2.24, 2.45) is 5.41 Å². The number of anilines is 1. The number of hydrogen-bond acceptors (Lipinski definition) is 8. The lowest BCUT2D eigenvalue weighted by molar-refractivity contribution is 0.0751. The summed E-state index contributed by atoms with van der Waals surface area (Å²) in [7, 11) is -2.16. The van der Waals surface area contributed by atoms with Crippen LogP contribution >= 0.6 is 22.9 Å². The van der Waals surface area contributed by atoms with Gasteiger partial charge in [-0.3, -0.25) is 4.79 Å². The van der Waals surface area contributed by atoms with E-state index in [0.29, 0.717) is 54.1 Å². The molecule has 4 heterocycles. The molecule has 0 aromatic carbocycles. The first-order valence-corrected chi connectivity index (χ1v) is 14.1. The van der Waals surface area contributed by atoms with Crippen molar-refractivity contribution in [2.45, 2.75) is 52.2 Å². The Morgan fingerprint density at radius 1 is 1.26 bits per heavy atom. The van der Waals surface area contributed by atoms with Gasteiger partial charge in [0, 0.05) is 42.4 Å². The summed E-state index contributed by atoms with van der Waals surface area (Å²) in [6.07, 6.45) is 0.357. The maximum Gasteiger partial charge on any atom is 0.282 e. The zero-order valence-electron chi connectivity index (χ0n) is 20.3. The standard InChI is InChI=1S/C22H32ClN5O5S2/c1-22(2,3)21(30)28-20(24-11-16-5-6-17(23)34-16)19(33-4)18(25-28)14-7-9-26(12-14)35(31,32)27-10-8-15(29)13-27/h5-6,14-15,24,29H,7-13H2,1-4H3. The molecule has 0 radical (unpaired) electrons. The minimum atomic E-state index is -3.68. The van der Waals surface area contributed by atoms with Gasteiger partial charge in [0.05, 0.1) is 24.1 Å². The van der Waals surface area contributed by atoms with E-state index in [9.17, 15) is 18.3 Å². The largest absolute Gasteiger partial charge is 0.491 e. The molecule has 2 aliphatic rings. The number of β-amino-alcohol motifs (C(OH)–C–C–N with tert-alkyl or cyclic N) is 1.